The molecule has 0 aliphatic carbocycles. The number of hydrogen-bond donors (Lipinski definition) is 2. The standard InChI is InChI=1S/C24H23N3OS/c1-15-12-13-25-21(14-15)27-22(17-6-9-19(29-3)10-7-17)20-11-8-18-5-4-16(2)26-23(18)24(20)28/h4-14,22,28H,1-3H3,(H,25,27)/t22-/m0/s1. The fraction of sp³-hybridized carbons (Fsp3) is 0.167. The molecule has 5 heteroatoms. The van der Waals surface area contributed by atoms with Crippen LogP contribution < -0.4 is 5.32 Å². The lowest BCUT2D eigenvalue weighted by molar-refractivity contribution is 0.471. The van der Waals surface area contributed by atoms with Crippen LogP contribution in [0.3, 0.4) is 0 Å². The van der Waals surface area contributed by atoms with E-state index in [1.54, 1.807) is 18.0 Å². The first-order chi connectivity index (χ1) is 14.0. The number of benzene rings is 2. The number of hydrogen-bond acceptors (Lipinski definition) is 5. The summed E-state index contributed by atoms with van der Waals surface area (Å²) in [6, 6.07) is 20.0. The molecule has 0 saturated heterocycles. The number of phenolic OH excluding ortho intramolecular Hbond substituents is 1. The van der Waals surface area contributed by atoms with Crippen LogP contribution in [0.2, 0.25) is 0 Å². The number of aromatic nitrogens is 2. The number of aryl methyl sites for hydroxylation is 2. The van der Waals surface area contributed by atoms with Crippen LogP contribution in [0.25, 0.3) is 10.9 Å². The average Bonchev–Trinajstić information content (AvgIpc) is 2.73. The highest BCUT2D eigenvalue weighted by atomic mass is 32.2. The van der Waals surface area contributed by atoms with Crippen LogP contribution in [0.1, 0.15) is 28.4 Å². The van der Waals surface area contributed by atoms with Crippen LogP contribution in [-0.2, 0) is 0 Å². The number of fused-ring (bicyclic) bond motifs is 1. The van der Waals surface area contributed by atoms with Crippen LogP contribution in [0.15, 0.2) is 71.8 Å². The Kier molecular flexibility index (Phi) is 5.41. The molecule has 0 radical (unpaired) electrons. The summed E-state index contributed by atoms with van der Waals surface area (Å²) in [7, 11) is 0. The van der Waals surface area contributed by atoms with Crippen molar-refractivity contribution >= 4 is 28.5 Å². The molecule has 4 rings (SSSR count). The van der Waals surface area contributed by atoms with Crippen LogP contribution in [0.5, 0.6) is 5.75 Å². The summed E-state index contributed by atoms with van der Waals surface area (Å²) in [4.78, 5) is 10.2. The topological polar surface area (TPSA) is 58.0 Å². The van der Waals surface area contributed by atoms with Crippen LogP contribution in [0.4, 0.5) is 5.82 Å². The van der Waals surface area contributed by atoms with E-state index in [-0.39, 0.29) is 11.8 Å². The summed E-state index contributed by atoms with van der Waals surface area (Å²) in [5.41, 5.74) is 4.44. The molecule has 0 fully saturated rings. The number of nitrogens with one attached hydrogen (secondary N) is 1. The Balaban J connectivity index is 1.84. The zero-order valence-corrected chi connectivity index (χ0v) is 17.5. The third-order valence-electron chi connectivity index (χ3n) is 4.97. The number of pyridine rings is 2. The molecule has 2 N–H and O–H groups in total. The average molecular weight is 402 g/mol. The van der Waals surface area contributed by atoms with Gasteiger partial charge in [-0.25, -0.2) is 9.97 Å². The minimum Gasteiger partial charge on any atom is -0.505 e. The van der Waals surface area contributed by atoms with E-state index in [4.69, 9.17) is 0 Å². The Hall–Kier alpha value is -3.05. The molecule has 29 heavy (non-hydrogen) atoms. The largest absolute Gasteiger partial charge is 0.505 e. The van der Waals surface area contributed by atoms with Crippen LogP contribution in [-0.4, -0.2) is 21.3 Å². The first-order valence-electron chi connectivity index (χ1n) is 9.47. The number of thioether (sulfide) groups is 1. The minimum atomic E-state index is -0.257. The zero-order valence-electron chi connectivity index (χ0n) is 16.7. The Morgan fingerprint density at radius 2 is 1.72 bits per heavy atom. The molecule has 2 heterocycles. The molecule has 4 nitrogen and oxygen atoms in total. The molecule has 0 unspecified atom stereocenters. The SMILES string of the molecule is CSc1ccc([C@H](Nc2cc(C)ccn2)c2ccc3ccc(C)nc3c2O)cc1. The number of phenols is 1. The molecule has 4 aromatic rings. The molecular weight excluding hydrogens is 378 g/mol. The first kappa shape index (κ1) is 19.3. The second kappa shape index (κ2) is 8.13. The highest BCUT2D eigenvalue weighted by molar-refractivity contribution is 7.98. The Bertz CT molecular complexity index is 1160. The highest BCUT2D eigenvalue weighted by Gasteiger charge is 2.20. The molecule has 0 amide bonds. The van der Waals surface area contributed by atoms with Crippen molar-refractivity contribution in [3.63, 3.8) is 0 Å². The molecule has 1 atom stereocenters. The first-order valence-corrected chi connectivity index (χ1v) is 10.7. The van der Waals surface area contributed by atoms with Crippen molar-refractivity contribution < 1.29 is 5.11 Å². The quantitative estimate of drug-likeness (QED) is 0.409. The van der Waals surface area contributed by atoms with Gasteiger partial charge in [-0.3, -0.25) is 0 Å². The van der Waals surface area contributed by atoms with Crippen molar-refractivity contribution in [2.75, 3.05) is 11.6 Å². The van der Waals surface area contributed by atoms with Gasteiger partial charge in [0.1, 0.15) is 17.1 Å². The van der Waals surface area contributed by atoms with E-state index in [1.165, 1.54) is 4.90 Å². The van der Waals surface area contributed by atoms with Gasteiger partial charge in [-0.15, -0.1) is 11.8 Å². The van der Waals surface area contributed by atoms with Gasteiger partial charge in [-0.2, -0.15) is 0 Å². The van der Waals surface area contributed by atoms with Gasteiger partial charge in [0.15, 0.2) is 0 Å². The second-order valence-electron chi connectivity index (χ2n) is 7.10. The normalized spacial score (nSPS) is 12.1. The number of anilines is 1. The number of nitrogens with zero attached hydrogens (tertiary/aromatic N) is 2. The van der Waals surface area contributed by atoms with Crippen molar-refractivity contribution in [3.8, 4) is 5.75 Å². The maximum absolute atomic E-state index is 11.1. The molecule has 0 bridgehead atoms. The number of rotatable bonds is 5. The molecule has 146 valence electrons. The summed E-state index contributed by atoms with van der Waals surface area (Å²) in [5, 5.41) is 15.5. The third-order valence-corrected chi connectivity index (χ3v) is 5.72. The van der Waals surface area contributed by atoms with Crippen LogP contribution in [0, 0.1) is 13.8 Å². The minimum absolute atomic E-state index is 0.199. The molecule has 2 aromatic carbocycles. The summed E-state index contributed by atoms with van der Waals surface area (Å²) >= 11 is 1.71. The summed E-state index contributed by atoms with van der Waals surface area (Å²) in [5.74, 6) is 0.964. The van der Waals surface area contributed by atoms with Gasteiger partial charge in [0.25, 0.3) is 0 Å². The van der Waals surface area contributed by atoms with Gasteiger partial charge in [0.2, 0.25) is 0 Å². The summed E-state index contributed by atoms with van der Waals surface area (Å²) in [6.07, 6.45) is 3.85. The zero-order chi connectivity index (χ0) is 20.4. The van der Waals surface area contributed by atoms with Crippen molar-refractivity contribution in [3.05, 3.63) is 89.2 Å². The number of aromatic hydroxyl groups is 1. The fourth-order valence-corrected chi connectivity index (χ4v) is 3.83. The molecular formula is C24H23N3OS. The molecule has 0 spiro atoms. The Morgan fingerprint density at radius 3 is 2.45 bits per heavy atom. The monoisotopic (exact) mass is 401 g/mol. The van der Waals surface area contributed by atoms with Gasteiger partial charge < -0.3 is 10.4 Å². The molecule has 2 aromatic heterocycles. The van der Waals surface area contributed by atoms with Crippen molar-refractivity contribution in [1.82, 2.24) is 9.97 Å². The van der Waals surface area contributed by atoms with Gasteiger partial charge >= 0.3 is 0 Å². The van der Waals surface area contributed by atoms with E-state index in [9.17, 15) is 5.11 Å². The van der Waals surface area contributed by atoms with Crippen molar-refractivity contribution in [2.24, 2.45) is 0 Å². The molecule has 0 aliphatic rings. The summed E-state index contributed by atoms with van der Waals surface area (Å²) in [6.45, 7) is 3.97. The molecule has 0 aliphatic heterocycles. The smallest absolute Gasteiger partial charge is 0.147 e. The van der Waals surface area contributed by atoms with E-state index in [2.05, 4.69) is 45.8 Å². The highest BCUT2D eigenvalue weighted by Crippen LogP contribution is 2.37. The van der Waals surface area contributed by atoms with Gasteiger partial charge in [-0.05, 0) is 61.6 Å². The van der Waals surface area contributed by atoms with E-state index < -0.39 is 0 Å². The Morgan fingerprint density at radius 1 is 0.966 bits per heavy atom. The third kappa shape index (κ3) is 4.05. The second-order valence-corrected chi connectivity index (χ2v) is 7.98. The van der Waals surface area contributed by atoms with E-state index in [1.807, 2.05) is 50.2 Å². The predicted octanol–water partition coefficient (Wildman–Crippen LogP) is 5.88. The molecule has 0 saturated carbocycles. The van der Waals surface area contributed by atoms with E-state index in [0.29, 0.717) is 5.52 Å². The van der Waals surface area contributed by atoms with Gasteiger partial charge in [-0.1, -0.05) is 30.3 Å². The van der Waals surface area contributed by atoms with E-state index in [0.717, 1.165) is 33.6 Å². The Labute approximate surface area is 175 Å². The predicted molar refractivity (Wildman–Crippen MR) is 121 cm³/mol. The maximum Gasteiger partial charge on any atom is 0.147 e. The van der Waals surface area contributed by atoms with E-state index >= 15 is 0 Å². The van der Waals surface area contributed by atoms with Gasteiger partial charge in [0.05, 0.1) is 6.04 Å². The summed E-state index contributed by atoms with van der Waals surface area (Å²) < 4.78 is 0. The van der Waals surface area contributed by atoms with Gasteiger partial charge in [0, 0.05) is 27.7 Å². The lowest BCUT2D eigenvalue weighted by Crippen LogP contribution is -2.14. The van der Waals surface area contributed by atoms with Crippen molar-refractivity contribution in [1.29, 1.82) is 0 Å². The van der Waals surface area contributed by atoms with Crippen LogP contribution >= 0.6 is 11.8 Å². The fourth-order valence-electron chi connectivity index (χ4n) is 3.42. The maximum atomic E-state index is 11.1. The van der Waals surface area contributed by atoms with Crippen molar-refractivity contribution in [2.45, 2.75) is 24.8 Å². The lowest BCUT2D eigenvalue weighted by atomic mass is 9.96. The lowest BCUT2D eigenvalue weighted by Gasteiger charge is -2.22.